The van der Waals surface area contributed by atoms with Crippen LogP contribution in [0.4, 0.5) is 0 Å². The number of aromatic nitrogens is 1. The Morgan fingerprint density at radius 1 is 0.619 bits per heavy atom. The van der Waals surface area contributed by atoms with Crippen LogP contribution in [0.25, 0.3) is 61.3 Å². The summed E-state index contributed by atoms with van der Waals surface area (Å²) in [6.07, 6.45) is 9.70. The molecule has 0 N–H and O–H groups in total. The van der Waals surface area contributed by atoms with Crippen LogP contribution in [-0.4, -0.2) is 4.98 Å². The first-order valence-corrected chi connectivity index (χ1v) is 15.6. The average molecular weight is 540 g/mol. The molecule has 1 heteroatoms. The van der Waals surface area contributed by atoms with Crippen molar-refractivity contribution in [3.05, 3.63) is 131 Å². The first kappa shape index (κ1) is 24.1. The monoisotopic (exact) mass is 539 g/mol. The predicted octanol–water partition coefficient (Wildman–Crippen LogP) is 11.0. The number of fused-ring (bicyclic) bond motifs is 12. The van der Waals surface area contributed by atoms with E-state index in [1.165, 1.54) is 91.1 Å². The number of hydrogen-bond acceptors (Lipinski definition) is 1. The van der Waals surface area contributed by atoms with Gasteiger partial charge in [0.25, 0.3) is 0 Å². The second-order valence-corrected chi connectivity index (χ2v) is 12.7. The van der Waals surface area contributed by atoms with E-state index in [9.17, 15) is 0 Å². The molecule has 0 amide bonds. The Balaban J connectivity index is 1.33. The summed E-state index contributed by atoms with van der Waals surface area (Å²) in [5.41, 5.74) is 14.7. The predicted molar refractivity (Wildman–Crippen MR) is 177 cm³/mol. The number of rotatable bonds is 3. The Morgan fingerprint density at radius 3 is 1.98 bits per heavy atom. The van der Waals surface area contributed by atoms with Crippen molar-refractivity contribution in [2.75, 3.05) is 0 Å². The molecule has 3 aliphatic carbocycles. The van der Waals surface area contributed by atoms with Gasteiger partial charge in [-0.3, -0.25) is 0 Å². The minimum atomic E-state index is 0.522. The highest BCUT2D eigenvalue weighted by Gasteiger charge is 2.41. The van der Waals surface area contributed by atoms with Gasteiger partial charge in [0.05, 0.1) is 11.2 Å². The lowest BCUT2D eigenvalue weighted by molar-refractivity contribution is 0.718. The number of pyridine rings is 1. The highest BCUT2D eigenvalue weighted by molar-refractivity contribution is 6.15. The molecular weight excluding hydrogens is 506 g/mol. The highest BCUT2D eigenvalue weighted by Crippen LogP contribution is 2.58. The van der Waals surface area contributed by atoms with E-state index in [4.69, 9.17) is 4.98 Å². The van der Waals surface area contributed by atoms with Crippen LogP contribution in [0.1, 0.15) is 60.3 Å². The summed E-state index contributed by atoms with van der Waals surface area (Å²) < 4.78 is 0. The van der Waals surface area contributed by atoms with Gasteiger partial charge in [-0.2, -0.15) is 0 Å². The van der Waals surface area contributed by atoms with E-state index in [2.05, 4.69) is 122 Å². The highest BCUT2D eigenvalue weighted by atomic mass is 14.7. The quantitative estimate of drug-likeness (QED) is 0.204. The lowest BCUT2D eigenvalue weighted by Crippen LogP contribution is -2.10. The van der Waals surface area contributed by atoms with Crippen molar-refractivity contribution in [3.8, 4) is 33.5 Å². The number of nitrogens with zero attached hydrogens (tertiary/aromatic N) is 1. The molecule has 42 heavy (non-hydrogen) atoms. The van der Waals surface area contributed by atoms with Gasteiger partial charge >= 0.3 is 0 Å². The Kier molecular flexibility index (Phi) is 5.32. The molecule has 1 nitrogen and oxygen atoms in total. The zero-order valence-corrected chi connectivity index (χ0v) is 24.0. The number of allylic oxidation sites excluding steroid dienone is 1. The Labute approximate surface area is 247 Å². The van der Waals surface area contributed by atoms with Gasteiger partial charge < -0.3 is 0 Å². The van der Waals surface area contributed by atoms with Gasteiger partial charge in [0.15, 0.2) is 0 Å². The molecule has 9 rings (SSSR count). The summed E-state index contributed by atoms with van der Waals surface area (Å²) >= 11 is 0. The fourth-order valence-electron chi connectivity index (χ4n) is 8.26. The third-order valence-corrected chi connectivity index (χ3v) is 10.2. The largest absolute Gasteiger partial charge is 0.247 e. The second-order valence-electron chi connectivity index (χ2n) is 12.7. The lowest BCUT2D eigenvalue weighted by Gasteiger charge is -2.26. The Morgan fingerprint density at radius 2 is 1.24 bits per heavy atom. The SMILES string of the molecule is CC1C=Cc2c(c3cc(-c4ccccc4)ccc3c3c4c(c(-c5ccc(-c6ccccc6)cc5)nc23)C2CCC4C2)C1. The molecule has 5 aromatic carbocycles. The maximum atomic E-state index is 5.66. The van der Waals surface area contributed by atoms with Crippen LogP contribution in [0.3, 0.4) is 0 Å². The van der Waals surface area contributed by atoms with Gasteiger partial charge in [0.1, 0.15) is 0 Å². The van der Waals surface area contributed by atoms with Gasteiger partial charge in [0, 0.05) is 16.5 Å². The van der Waals surface area contributed by atoms with Gasteiger partial charge in [-0.25, -0.2) is 4.98 Å². The van der Waals surface area contributed by atoms with Gasteiger partial charge in [-0.1, -0.05) is 116 Å². The van der Waals surface area contributed by atoms with Crippen LogP contribution in [0.2, 0.25) is 0 Å². The van der Waals surface area contributed by atoms with E-state index in [0.717, 1.165) is 6.42 Å². The Hall–Kier alpha value is -4.49. The molecule has 1 aromatic heterocycles. The van der Waals surface area contributed by atoms with E-state index >= 15 is 0 Å². The van der Waals surface area contributed by atoms with Crippen LogP contribution in [-0.2, 0) is 6.42 Å². The molecule has 0 saturated heterocycles. The van der Waals surface area contributed by atoms with E-state index in [1.54, 1.807) is 5.56 Å². The van der Waals surface area contributed by atoms with Crippen LogP contribution in [0, 0.1) is 5.92 Å². The van der Waals surface area contributed by atoms with Crippen molar-refractivity contribution in [3.63, 3.8) is 0 Å². The average Bonchev–Trinajstić information content (AvgIpc) is 3.68. The maximum absolute atomic E-state index is 5.66. The van der Waals surface area contributed by atoms with Crippen LogP contribution >= 0.6 is 0 Å². The summed E-state index contributed by atoms with van der Waals surface area (Å²) in [5, 5.41) is 4.24. The summed E-state index contributed by atoms with van der Waals surface area (Å²) in [5.74, 6) is 1.78. The molecule has 3 unspecified atom stereocenters. The molecule has 6 aromatic rings. The van der Waals surface area contributed by atoms with Crippen LogP contribution < -0.4 is 0 Å². The molecule has 0 aliphatic heterocycles. The maximum Gasteiger partial charge on any atom is 0.0794 e. The normalized spacial score (nSPS) is 20.3. The van der Waals surface area contributed by atoms with Gasteiger partial charge in [-0.15, -0.1) is 0 Å². The summed E-state index contributed by atoms with van der Waals surface area (Å²) in [6.45, 7) is 2.34. The van der Waals surface area contributed by atoms with Crippen LogP contribution in [0.15, 0.2) is 109 Å². The molecule has 1 fully saturated rings. The molecule has 3 atom stereocenters. The van der Waals surface area contributed by atoms with Crippen molar-refractivity contribution in [2.45, 2.75) is 44.4 Å². The second kappa shape index (κ2) is 9.26. The molecule has 202 valence electrons. The van der Waals surface area contributed by atoms with E-state index in [-0.39, 0.29) is 0 Å². The van der Waals surface area contributed by atoms with Crippen molar-refractivity contribution >= 4 is 27.8 Å². The zero-order chi connectivity index (χ0) is 27.8. The number of hydrogen-bond donors (Lipinski definition) is 0. The van der Waals surface area contributed by atoms with Crippen LogP contribution in [0.5, 0.6) is 0 Å². The molecule has 3 aliphatic rings. The topological polar surface area (TPSA) is 12.9 Å². The molecule has 0 radical (unpaired) electrons. The molecule has 1 heterocycles. The minimum Gasteiger partial charge on any atom is -0.247 e. The van der Waals surface area contributed by atoms with E-state index < -0.39 is 0 Å². The first-order valence-electron chi connectivity index (χ1n) is 15.6. The third kappa shape index (κ3) is 3.59. The van der Waals surface area contributed by atoms with Crippen molar-refractivity contribution in [2.24, 2.45) is 5.92 Å². The fraction of sp³-hybridized carbons (Fsp3) is 0.195. The lowest BCUT2D eigenvalue weighted by atomic mass is 9.80. The Bertz CT molecular complexity index is 2030. The fourth-order valence-corrected chi connectivity index (χ4v) is 8.26. The van der Waals surface area contributed by atoms with Gasteiger partial charge in [0.2, 0.25) is 0 Å². The standard InChI is InChI=1S/C41H33N/c1-25-12-20-34-35(22-25)36-24-30(27-10-6-3-7-11-27)19-21-33(36)39-37-31-17-18-32(23-31)38(37)40(42-41(34)39)29-15-13-28(14-16-29)26-8-4-2-5-9-26/h2-16,19-21,24-25,31-32H,17-18,22-23H2,1H3. The van der Waals surface area contributed by atoms with Crippen molar-refractivity contribution in [1.82, 2.24) is 4.98 Å². The summed E-state index contributed by atoms with van der Waals surface area (Å²) in [6, 6.07) is 37.9. The zero-order valence-electron chi connectivity index (χ0n) is 24.0. The van der Waals surface area contributed by atoms with E-state index in [1.807, 2.05) is 0 Å². The van der Waals surface area contributed by atoms with E-state index in [0.29, 0.717) is 17.8 Å². The third-order valence-electron chi connectivity index (χ3n) is 10.2. The van der Waals surface area contributed by atoms with Gasteiger partial charge in [-0.05, 0) is 99.2 Å². The first-order chi connectivity index (χ1) is 20.7. The molecule has 2 bridgehead atoms. The minimum absolute atomic E-state index is 0.522. The molecule has 1 saturated carbocycles. The van der Waals surface area contributed by atoms with Crippen molar-refractivity contribution < 1.29 is 0 Å². The van der Waals surface area contributed by atoms with Crippen molar-refractivity contribution in [1.29, 1.82) is 0 Å². The number of benzene rings is 5. The summed E-state index contributed by atoms with van der Waals surface area (Å²) in [7, 11) is 0. The smallest absolute Gasteiger partial charge is 0.0794 e. The summed E-state index contributed by atoms with van der Waals surface area (Å²) in [4.78, 5) is 5.66. The molecular formula is C41H33N. The molecule has 0 spiro atoms.